The molecular weight excluding hydrogens is 194 g/mol. The molecule has 2 nitrogen and oxygen atoms in total. The van der Waals surface area contributed by atoms with Crippen LogP contribution in [0.4, 0.5) is 0 Å². The van der Waals surface area contributed by atoms with Crippen LogP contribution in [0.25, 0.3) is 0 Å². The first-order valence-electron chi connectivity index (χ1n) is 5.05. The lowest BCUT2D eigenvalue weighted by Gasteiger charge is -2.14. The zero-order valence-corrected chi connectivity index (χ0v) is 10.2. The van der Waals surface area contributed by atoms with Gasteiger partial charge in [0.1, 0.15) is 0 Å². The molecule has 0 bridgehead atoms. The van der Waals surface area contributed by atoms with Gasteiger partial charge in [0.25, 0.3) is 0 Å². The Bertz CT molecular complexity index is 284. The Morgan fingerprint density at radius 1 is 1.50 bits per heavy atom. The summed E-state index contributed by atoms with van der Waals surface area (Å²) in [7, 11) is 0. The molecule has 0 aliphatic carbocycles. The van der Waals surface area contributed by atoms with Crippen LogP contribution in [0.15, 0.2) is 5.38 Å². The first-order chi connectivity index (χ1) is 6.49. The average molecular weight is 213 g/mol. The van der Waals surface area contributed by atoms with Gasteiger partial charge in [0.15, 0.2) is 0 Å². The largest absolute Gasteiger partial charge is 0.396 e. The Morgan fingerprint density at radius 3 is 2.50 bits per heavy atom. The smallest absolute Gasteiger partial charge is 0.0982 e. The van der Waals surface area contributed by atoms with Crippen LogP contribution < -0.4 is 0 Å². The van der Waals surface area contributed by atoms with Crippen molar-refractivity contribution in [1.29, 1.82) is 0 Å². The number of rotatable bonds is 3. The number of nitrogens with zero attached hydrogens (tertiary/aromatic N) is 1. The van der Waals surface area contributed by atoms with Crippen molar-refractivity contribution in [1.82, 2.24) is 4.98 Å². The van der Waals surface area contributed by atoms with Crippen molar-refractivity contribution >= 4 is 11.3 Å². The number of aromatic nitrogens is 1. The molecule has 80 valence electrons. The molecule has 0 amide bonds. The molecule has 0 aliphatic heterocycles. The van der Waals surface area contributed by atoms with E-state index in [0.717, 1.165) is 17.1 Å². The molecule has 1 unspecified atom stereocenters. The van der Waals surface area contributed by atoms with Crippen LogP contribution in [0.2, 0.25) is 0 Å². The van der Waals surface area contributed by atoms with Gasteiger partial charge in [-0.2, -0.15) is 0 Å². The zero-order valence-electron chi connectivity index (χ0n) is 9.37. The van der Waals surface area contributed by atoms with Crippen molar-refractivity contribution in [3.05, 3.63) is 16.1 Å². The van der Waals surface area contributed by atoms with Gasteiger partial charge in [-0.25, -0.2) is 4.98 Å². The molecule has 1 rings (SSSR count). The third-order valence-corrected chi connectivity index (χ3v) is 3.58. The molecule has 14 heavy (non-hydrogen) atoms. The van der Waals surface area contributed by atoms with Gasteiger partial charge in [-0.15, -0.1) is 11.3 Å². The summed E-state index contributed by atoms with van der Waals surface area (Å²) in [6.45, 7) is 8.77. The van der Waals surface area contributed by atoms with Crippen LogP contribution in [-0.4, -0.2) is 16.7 Å². The summed E-state index contributed by atoms with van der Waals surface area (Å²) < 4.78 is 0. The lowest BCUT2D eigenvalue weighted by atomic mass is 9.98. The van der Waals surface area contributed by atoms with E-state index in [4.69, 9.17) is 5.11 Å². The minimum absolute atomic E-state index is 0.122. The molecule has 1 atom stereocenters. The maximum atomic E-state index is 9.16. The number of hydrogen-bond acceptors (Lipinski definition) is 3. The third-order valence-electron chi connectivity index (χ3n) is 2.30. The fourth-order valence-corrected chi connectivity index (χ4v) is 2.24. The van der Waals surface area contributed by atoms with E-state index in [1.165, 1.54) is 0 Å². The predicted molar refractivity (Wildman–Crippen MR) is 60.9 cm³/mol. The third kappa shape index (κ3) is 2.55. The van der Waals surface area contributed by atoms with Crippen LogP contribution in [-0.2, 0) is 5.41 Å². The molecule has 0 fully saturated rings. The molecule has 0 aromatic carbocycles. The summed E-state index contributed by atoms with van der Waals surface area (Å²) in [5, 5.41) is 12.4. The molecule has 1 heterocycles. The van der Waals surface area contributed by atoms with E-state index in [0.29, 0.717) is 0 Å². The second-order valence-corrected chi connectivity index (χ2v) is 5.47. The van der Waals surface area contributed by atoms with Gasteiger partial charge in [0.05, 0.1) is 17.3 Å². The highest BCUT2D eigenvalue weighted by molar-refractivity contribution is 7.09. The highest BCUT2D eigenvalue weighted by Crippen LogP contribution is 2.29. The van der Waals surface area contributed by atoms with Gasteiger partial charge in [-0.1, -0.05) is 27.7 Å². The quantitative estimate of drug-likeness (QED) is 0.837. The summed E-state index contributed by atoms with van der Waals surface area (Å²) in [4.78, 5) is 4.58. The topological polar surface area (TPSA) is 33.1 Å². The summed E-state index contributed by atoms with van der Waals surface area (Å²) in [5.74, 6) is 0.211. The van der Waals surface area contributed by atoms with Gasteiger partial charge in [-0.3, -0.25) is 0 Å². The minimum atomic E-state index is 0.122. The van der Waals surface area contributed by atoms with Gasteiger partial charge in [0.2, 0.25) is 0 Å². The van der Waals surface area contributed by atoms with Crippen molar-refractivity contribution in [3.63, 3.8) is 0 Å². The monoisotopic (exact) mass is 213 g/mol. The molecule has 0 saturated heterocycles. The Labute approximate surface area is 90.0 Å². The molecule has 3 heteroatoms. The van der Waals surface area contributed by atoms with Crippen molar-refractivity contribution < 1.29 is 5.11 Å². The van der Waals surface area contributed by atoms with Gasteiger partial charge >= 0.3 is 0 Å². The summed E-state index contributed by atoms with van der Waals surface area (Å²) in [6, 6.07) is 0. The second-order valence-electron chi connectivity index (χ2n) is 4.62. The maximum Gasteiger partial charge on any atom is 0.0982 e. The van der Waals surface area contributed by atoms with Crippen LogP contribution >= 0.6 is 11.3 Å². The van der Waals surface area contributed by atoms with Crippen molar-refractivity contribution in [3.8, 4) is 0 Å². The normalized spacial score (nSPS) is 14.4. The molecule has 0 radical (unpaired) electrons. The van der Waals surface area contributed by atoms with Crippen molar-refractivity contribution in [2.24, 2.45) is 0 Å². The van der Waals surface area contributed by atoms with Crippen LogP contribution in [0.3, 0.4) is 0 Å². The SMILES string of the molecule is CCC(CO)c1csc(C(C)(C)C)n1. The number of hydrogen-bond donors (Lipinski definition) is 1. The van der Waals surface area contributed by atoms with Crippen molar-refractivity contribution in [2.45, 2.75) is 45.4 Å². The van der Waals surface area contributed by atoms with E-state index in [1.807, 2.05) is 0 Å². The maximum absolute atomic E-state index is 9.16. The molecule has 0 aliphatic rings. The van der Waals surface area contributed by atoms with E-state index in [9.17, 15) is 0 Å². The highest BCUT2D eigenvalue weighted by Gasteiger charge is 2.20. The van der Waals surface area contributed by atoms with Crippen LogP contribution in [0.1, 0.15) is 50.7 Å². The Kier molecular flexibility index (Phi) is 3.67. The first-order valence-corrected chi connectivity index (χ1v) is 5.93. The molecular formula is C11H19NOS. The number of aliphatic hydroxyl groups excluding tert-OH is 1. The minimum Gasteiger partial charge on any atom is -0.396 e. The van der Waals surface area contributed by atoms with E-state index in [-0.39, 0.29) is 17.9 Å². The first kappa shape index (κ1) is 11.7. The molecule has 1 N–H and O–H groups in total. The fourth-order valence-electron chi connectivity index (χ4n) is 1.25. The van der Waals surface area contributed by atoms with E-state index >= 15 is 0 Å². The van der Waals surface area contributed by atoms with E-state index < -0.39 is 0 Å². The van der Waals surface area contributed by atoms with Crippen LogP contribution in [0, 0.1) is 0 Å². The van der Waals surface area contributed by atoms with Crippen LogP contribution in [0.5, 0.6) is 0 Å². The molecule has 1 aromatic heterocycles. The van der Waals surface area contributed by atoms with E-state index in [2.05, 4.69) is 38.1 Å². The standard InChI is InChI=1S/C11H19NOS/c1-5-8(6-13)9-7-14-10(12-9)11(2,3)4/h7-8,13H,5-6H2,1-4H3. The fraction of sp³-hybridized carbons (Fsp3) is 0.727. The highest BCUT2D eigenvalue weighted by atomic mass is 32.1. The van der Waals surface area contributed by atoms with Gasteiger partial charge in [0, 0.05) is 16.7 Å². The Balaban J connectivity index is 2.87. The number of thiazole rings is 1. The Morgan fingerprint density at radius 2 is 2.14 bits per heavy atom. The van der Waals surface area contributed by atoms with Gasteiger partial charge < -0.3 is 5.11 Å². The predicted octanol–water partition coefficient (Wildman–Crippen LogP) is 2.93. The average Bonchev–Trinajstić information content (AvgIpc) is 2.54. The summed E-state index contributed by atoms with van der Waals surface area (Å²) in [5.41, 5.74) is 1.17. The Hall–Kier alpha value is -0.410. The van der Waals surface area contributed by atoms with Gasteiger partial charge in [-0.05, 0) is 6.42 Å². The van der Waals surface area contributed by atoms with E-state index in [1.54, 1.807) is 11.3 Å². The summed E-state index contributed by atoms with van der Waals surface area (Å²) in [6.07, 6.45) is 0.948. The lowest BCUT2D eigenvalue weighted by molar-refractivity contribution is 0.260. The lowest BCUT2D eigenvalue weighted by Crippen LogP contribution is -2.11. The van der Waals surface area contributed by atoms with Crippen molar-refractivity contribution in [2.75, 3.05) is 6.61 Å². The number of aliphatic hydroxyl groups is 1. The molecule has 1 aromatic rings. The second kappa shape index (κ2) is 4.41. The summed E-state index contributed by atoms with van der Waals surface area (Å²) >= 11 is 1.69. The molecule has 0 spiro atoms. The zero-order chi connectivity index (χ0) is 10.8. The molecule has 0 saturated carbocycles.